The number of aromatic carboxylic acids is 1. The topological polar surface area (TPSA) is 75.6 Å². The molecule has 2 atom stereocenters. The highest BCUT2D eigenvalue weighted by atomic mass is 35.5. The van der Waals surface area contributed by atoms with Crippen LogP contribution in [0.5, 0.6) is 5.75 Å². The van der Waals surface area contributed by atoms with Crippen molar-refractivity contribution in [2.75, 3.05) is 7.05 Å². The summed E-state index contributed by atoms with van der Waals surface area (Å²) < 4.78 is 33.3. The number of rotatable bonds is 4. The molecule has 4 rings (SSSR count). The van der Waals surface area contributed by atoms with Gasteiger partial charge in [0.2, 0.25) is 5.91 Å². The van der Waals surface area contributed by atoms with E-state index in [1.165, 1.54) is 19.2 Å². The number of halogens is 3. The van der Waals surface area contributed by atoms with Gasteiger partial charge in [-0.25, -0.2) is 13.6 Å². The van der Waals surface area contributed by atoms with Gasteiger partial charge in [-0.2, -0.15) is 0 Å². The molecule has 31 heavy (non-hydrogen) atoms. The van der Waals surface area contributed by atoms with E-state index in [0.717, 1.165) is 12.1 Å². The molecule has 3 aromatic carbocycles. The molecular weight excluding hydrogens is 428 g/mol. The fourth-order valence-electron chi connectivity index (χ4n) is 3.72. The normalized spacial score (nSPS) is 17.0. The molecule has 1 aliphatic heterocycles. The van der Waals surface area contributed by atoms with E-state index in [4.69, 9.17) is 16.3 Å². The SMILES string of the molecule is CNC(=O)C1c2cc(-c3cc(C(=O)O)c(F)cc3Cl)ccc2OC1c1ccc(F)cc1. The highest BCUT2D eigenvalue weighted by Gasteiger charge is 2.40. The van der Waals surface area contributed by atoms with Crippen LogP contribution in [0.4, 0.5) is 8.78 Å². The first-order valence-corrected chi connectivity index (χ1v) is 9.68. The summed E-state index contributed by atoms with van der Waals surface area (Å²) in [6, 6.07) is 12.8. The van der Waals surface area contributed by atoms with Crippen LogP contribution in [0.25, 0.3) is 11.1 Å². The zero-order valence-corrected chi connectivity index (χ0v) is 16.9. The molecule has 0 aliphatic carbocycles. The van der Waals surface area contributed by atoms with Gasteiger partial charge in [0.05, 0.1) is 10.6 Å². The maximum Gasteiger partial charge on any atom is 0.338 e. The smallest absolute Gasteiger partial charge is 0.338 e. The summed E-state index contributed by atoms with van der Waals surface area (Å²) >= 11 is 6.18. The van der Waals surface area contributed by atoms with Crippen molar-refractivity contribution < 1.29 is 28.2 Å². The Morgan fingerprint density at radius 1 is 1.06 bits per heavy atom. The van der Waals surface area contributed by atoms with Gasteiger partial charge < -0.3 is 15.2 Å². The number of hydrogen-bond donors (Lipinski definition) is 2. The van der Waals surface area contributed by atoms with Gasteiger partial charge in [0.25, 0.3) is 0 Å². The molecule has 0 radical (unpaired) electrons. The Bertz CT molecular complexity index is 1200. The zero-order valence-electron chi connectivity index (χ0n) is 16.2. The number of carboxylic acid groups (broad SMARTS) is 1. The molecule has 2 unspecified atom stereocenters. The average Bonchev–Trinajstić information content (AvgIpc) is 3.12. The van der Waals surface area contributed by atoms with E-state index >= 15 is 0 Å². The largest absolute Gasteiger partial charge is 0.484 e. The maximum absolute atomic E-state index is 13.9. The molecule has 0 saturated carbocycles. The zero-order chi connectivity index (χ0) is 22.3. The minimum absolute atomic E-state index is 0.0351. The van der Waals surface area contributed by atoms with Gasteiger partial charge in [-0.3, -0.25) is 4.79 Å². The van der Waals surface area contributed by atoms with Gasteiger partial charge in [0.15, 0.2) is 0 Å². The van der Waals surface area contributed by atoms with Gasteiger partial charge in [0, 0.05) is 18.2 Å². The van der Waals surface area contributed by atoms with Crippen molar-refractivity contribution in [2.45, 2.75) is 12.0 Å². The lowest BCUT2D eigenvalue weighted by atomic mass is 9.88. The molecule has 5 nitrogen and oxygen atoms in total. The Morgan fingerprint density at radius 2 is 1.77 bits per heavy atom. The summed E-state index contributed by atoms with van der Waals surface area (Å²) in [6.07, 6.45) is -0.677. The monoisotopic (exact) mass is 443 g/mol. The van der Waals surface area contributed by atoms with E-state index in [2.05, 4.69) is 5.32 Å². The van der Waals surface area contributed by atoms with Crippen molar-refractivity contribution in [3.63, 3.8) is 0 Å². The lowest BCUT2D eigenvalue weighted by molar-refractivity contribution is -0.123. The second-order valence-corrected chi connectivity index (χ2v) is 7.46. The summed E-state index contributed by atoms with van der Waals surface area (Å²) in [5, 5.41) is 11.9. The predicted molar refractivity (Wildman–Crippen MR) is 110 cm³/mol. The number of ether oxygens (including phenoxy) is 1. The molecule has 0 spiro atoms. The minimum Gasteiger partial charge on any atom is -0.484 e. The van der Waals surface area contributed by atoms with Crippen molar-refractivity contribution in [1.29, 1.82) is 0 Å². The molecule has 0 fully saturated rings. The Morgan fingerprint density at radius 3 is 2.42 bits per heavy atom. The third-order valence-electron chi connectivity index (χ3n) is 5.23. The van der Waals surface area contributed by atoms with Gasteiger partial charge in [0.1, 0.15) is 29.4 Å². The van der Waals surface area contributed by atoms with Crippen LogP contribution in [0.3, 0.4) is 0 Å². The Hall–Kier alpha value is -3.45. The first-order chi connectivity index (χ1) is 14.8. The lowest BCUT2D eigenvalue weighted by Crippen LogP contribution is -2.28. The van der Waals surface area contributed by atoms with E-state index in [1.807, 2.05) is 0 Å². The number of amides is 1. The highest BCUT2D eigenvalue weighted by molar-refractivity contribution is 6.33. The third-order valence-corrected chi connectivity index (χ3v) is 5.54. The molecule has 0 aromatic heterocycles. The Labute approximate surface area is 181 Å². The molecule has 1 heterocycles. The van der Waals surface area contributed by atoms with Crippen LogP contribution in [0.2, 0.25) is 5.02 Å². The van der Waals surface area contributed by atoms with E-state index in [9.17, 15) is 23.5 Å². The number of carbonyl (C=O) groups is 2. The number of carboxylic acids is 1. The summed E-state index contributed by atoms with van der Waals surface area (Å²) in [4.78, 5) is 24.0. The number of likely N-dealkylation sites (N-methyl/N-ethyl adjacent to an activating group) is 1. The van der Waals surface area contributed by atoms with Gasteiger partial charge >= 0.3 is 5.97 Å². The van der Waals surface area contributed by atoms with Gasteiger partial charge in [-0.1, -0.05) is 29.8 Å². The molecule has 0 saturated heterocycles. The Balaban J connectivity index is 1.82. The van der Waals surface area contributed by atoms with E-state index < -0.39 is 35.2 Å². The Kier molecular flexibility index (Phi) is 5.37. The molecule has 3 aromatic rings. The number of nitrogens with one attached hydrogen (secondary N) is 1. The highest BCUT2D eigenvalue weighted by Crippen LogP contribution is 2.48. The van der Waals surface area contributed by atoms with Crippen LogP contribution in [-0.4, -0.2) is 24.0 Å². The van der Waals surface area contributed by atoms with Crippen molar-refractivity contribution in [2.24, 2.45) is 0 Å². The van der Waals surface area contributed by atoms with E-state index in [1.54, 1.807) is 30.3 Å². The van der Waals surface area contributed by atoms with Crippen molar-refractivity contribution in [3.05, 3.63) is 87.9 Å². The number of hydrogen-bond acceptors (Lipinski definition) is 3. The van der Waals surface area contributed by atoms with Gasteiger partial charge in [-0.05, 0) is 47.5 Å². The molecule has 0 bridgehead atoms. The number of benzene rings is 3. The summed E-state index contributed by atoms with van der Waals surface area (Å²) in [5.74, 6) is -3.34. The second kappa shape index (κ2) is 8.00. The molecule has 1 aliphatic rings. The lowest BCUT2D eigenvalue weighted by Gasteiger charge is -2.18. The molecule has 158 valence electrons. The van der Waals surface area contributed by atoms with Crippen LogP contribution in [0, 0.1) is 11.6 Å². The van der Waals surface area contributed by atoms with Crippen molar-refractivity contribution >= 4 is 23.5 Å². The first kappa shape index (κ1) is 20.8. The van der Waals surface area contributed by atoms with Crippen LogP contribution >= 0.6 is 11.6 Å². The first-order valence-electron chi connectivity index (χ1n) is 9.30. The average molecular weight is 444 g/mol. The van der Waals surface area contributed by atoms with Crippen LogP contribution in [0.1, 0.15) is 33.5 Å². The molecule has 1 amide bonds. The van der Waals surface area contributed by atoms with Gasteiger partial charge in [-0.15, -0.1) is 0 Å². The van der Waals surface area contributed by atoms with Crippen LogP contribution < -0.4 is 10.1 Å². The summed E-state index contributed by atoms with van der Waals surface area (Å²) in [6.45, 7) is 0. The standard InChI is InChI=1S/C23H16ClF2NO4/c1-27-22(28)20-16-8-12(14-9-15(23(29)30)18(26)10-17(14)24)4-7-19(16)31-21(20)11-2-5-13(25)6-3-11/h2-10,20-21H,1H3,(H,27,28)(H,29,30). The van der Waals surface area contributed by atoms with Crippen molar-refractivity contribution in [1.82, 2.24) is 5.32 Å². The number of carbonyl (C=O) groups excluding carboxylic acids is 1. The van der Waals surface area contributed by atoms with Crippen molar-refractivity contribution in [3.8, 4) is 16.9 Å². The van der Waals surface area contributed by atoms with E-state index in [0.29, 0.717) is 28.0 Å². The molecule has 8 heteroatoms. The van der Waals surface area contributed by atoms with Crippen LogP contribution in [0.15, 0.2) is 54.6 Å². The fraction of sp³-hybridized carbons (Fsp3) is 0.130. The van der Waals surface area contributed by atoms with E-state index in [-0.39, 0.29) is 10.9 Å². The summed E-state index contributed by atoms with van der Waals surface area (Å²) in [5.41, 5.74) is 1.49. The molecular formula is C23H16ClF2NO4. The minimum atomic E-state index is -1.42. The quantitative estimate of drug-likeness (QED) is 0.598. The second-order valence-electron chi connectivity index (χ2n) is 7.05. The third kappa shape index (κ3) is 3.72. The van der Waals surface area contributed by atoms with Crippen LogP contribution in [-0.2, 0) is 4.79 Å². The number of fused-ring (bicyclic) bond motifs is 1. The predicted octanol–water partition coefficient (Wildman–Crippen LogP) is 4.95. The fourth-order valence-corrected chi connectivity index (χ4v) is 3.98. The maximum atomic E-state index is 13.9. The summed E-state index contributed by atoms with van der Waals surface area (Å²) in [7, 11) is 1.50. The molecule has 2 N–H and O–H groups in total.